The normalized spacial score (nSPS) is 17.3. The summed E-state index contributed by atoms with van der Waals surface area (Å²) in [7, 11) is 1.35. The lowest BCUT2D eigenvalue weighted by molar-refractivity contribution is -0.120. The summed E-state index contributed by atoms with van der Waals surface area (Å²) < 4.78 is 10.8. The highest BCUT2D eigenvalue weighted by Gasteiger charge is 2.41. The van der Waals surface area contributed by atoms with Crippen LogP contribution in [0.25, 0.3) is 11.5 Å². The molecule has 3 heterocycles. The van der Waals surface area contributed by atoms with Gasteiger partial charge in [-0.05, 0) is 57.0 Å². The molecule has 1 fully saturated rings. The number of anilines is 2. The summed E-state index contributed by atoms with van der Waals surface area (Å²) >= 11 is 0. The van der Waals surface area contributed by atoms with Gasteiger partial charge in [-0.1, -0.05) is 17.7 Å². The first-order valence-corrected chi connectivity index (χ1v) is 10.8. The van der Waals surface area contributed by atoms with E-state index in [1.165, 1.54) is 7.11 Å². The van der Waals surface area contributed by atoms with Crippen molar-refractivity contribution in [1.82, 2.24) is 4.98 Å². The Hall–Kier alpha value is -3.61. The van der Waals surface area contributed by atoms with E-state index in [1.54, 1.807) is 17.0 Å². The molecule has 0 radical (unpaired) electrons. The molecule has 0 aliphatic carbocycles. The number of rotatable bonds is 4. The van der Waals surface area contributed by atoms with Gasteiger partial charge in [-0.25, -0.2) is 9.78 Å². The quantitative estimate of drug-likeness (QED) is 0.575. The molecule has 164 valence electrons. The second kappa shape index (κ2) is 7.82. The van der Waals surface area contributed by atoms with E-state index in [9.17, 15) is 9.59 Å². The van der Waals surface area contributed by atoms with Crippen molar-refractivity contribution >= 4 is 23.3 Å². The summed E-state index contributed by atoms with van der Waals surface area (Å²) in [6.45, 7) is 5.00. The Labute approximate surface area is 186 Å². The van der Waals surface area contributed by atoms with Crippen molar-refractivity contribution in [2.24, 2.45) is 0 Å². The summed E-state index contributed by atoms with van der Waals surface area (Å²) in [5, 5.41) is 0. The fourth-order valence-electron chi connectivity index (χ4n) is 4.63. The number of nitrogens with zero attached hydrogens (tertiary/aromatic N) is 3. The van der Waals surface area contributed by atoms with Crippen LogP contribution in [-0.2, 0) is 16.1 Å². The number of benzene rings is 2. The molecule has 32 heavy (non-hydrogen) atoms. The number of aryl methyl sites for hydroxylation is 2. The van der Waals surface area contributed by atoms with Gasteiger partial charge < -0.3 is 19.0 Å². The van der Waals surface area contributed by atoms with Crippen molar-refractivity contribution in [1.29, 1.82) is 0 Å². The van der Waals surface area contributed by atoms with Crippen molar-refractivity contribution in [2.75, 3.05) is 23.5 Å². The number of methoxy groups -OCH3 is 1. The number of aromatic nitrogens is 1. The van der Waals surface area contributed by atoms with E-state index in [0.717, 1.165) is 36.2 Å². The predicted molar refractivity (Wildman–Crippen MR) is 121 cm³/mol. The number of fused-ring (bicyclic) bond motifs is 3. The van der Waals surface area contributed by atoms with Crippen LogP contribution in [0.5, 0.6) is 0 Å². The monoisotopic (exact) mass is 431 g/mol. The third kappa shape index (κ3) is 3.34. The standard InChI is InChI=1S/C25H25N3O4/c1-15-6-4-7-17(12-15)23-26-19(16(2)32-23)14-28-22-13-18(25(30)31-3)9-10-20(22)27-11-5-8-21(27)24(28)29/h4,6-7,9-10,12-13,21H,5,8,11,14H2,1-3H3/t21-/m1/s1. The topological polar surface area (TPSA) is 75.9 Å². The van der Waals surface area contributed by atoms with Gasteiger partial charge in [-0.15, -0.1) is 0 Å². The molecule has 0 N–H and O–H groups in total. The maximum Gasteiger partial charge on any atom is 0.337 e. The van der Waals surface area contributed by atoms with Gasteiger partial charge in [-0.2, -0.15) is 0 Å². The van der Waals surface area contributed by atoms with Gasteiger partial charge in [0.15, 0.2) is 0 Å². The molecule has 0 saturated carbocycles. The van der Waals surface area contributed by atoms with Gasteiger partial charge in [-0.3, -0.25) is 4.79 Å². The van der Waals surface area contributed by atoms with Crippen LogP contribution in [-0.4, -0.2) is 36.6 Å². The largest absolute Gasteiger partial charge is 0.465 e. The zero-order chi connectivity index (χ0) is 22.4. The SMILES string of the molecule is COC(=O)c1ccc2c(c1)N(Cc1nc(-c3cccc(C)c3)oc1C)C(=O)[C@H]1CCCN21. The molecule has 2 aliphatic rings. The van der Waals surface area contributed by atoms with Crippen LogP contribution in [0.3, 0.4) is 0 Å². The Morgan fingerprint density at radius 3 is 2.81 bits per heavy atom. The number of esters is 1. The summed E-state index contributed by atoms with van der Waals surface area (Å²) in [5.74, 6) is 0.810. The van der Waals surface area contributed by atoms with Gasteiger partial charge in [0.05, 0.1) is 30.6 Å². The molecule has 0 bridgehead atoms. The lowest BCUT2D eigenvalue weighted by atomic mass is 10.0. The molecule has 1 aromatic heterocycles. The number of amides is 1. The van der Waals surface area contributed by atoms with E-state index in [2.05, 4.69) is 4.90 Å². The molecule has 7 nitrogen and oxygen atoms in total. The molecule has 7 heteroatoms. The summed E-state index contributed by atoms with van der Waals surface area (Å²) in [6.07, 6.45) is 1.78. The van der Waals surface area contributed by atoms with Crippen LogP contribution in [0.1, 0.15) is 40.2 Å². The van der Waals surface area contributed by atoms with Crippen LogP contribution in [0, 0.1) is 13.8 Å². The number of hydrogen-bond acceptors (Lipinski definition) is 6. The smallest absolute Gasteiger partial charge is 0.337 e. The maximum absolute atomic E-state index is 13.5. The molecule has 3 aromatic rings. The average molecular weight is 431 g/mol. The van der Waals surface area contributed by atoms with E-state index >= 15 is 0 Å². The van der Waals surface area contributed by atoms with E-state index < -0.39 is 5.97 Å². The first-order chi connectivity index (χ1) is 15.5. The van der Waals surface area contributed by atoms with E-state index in [-0.39, 0.29) is 18.5 Å². The number of carbonyl (C=O) groups is 2. The van der Waals surface area contributed by atoms with Crippen LogP contribution in [0.15, 0.2) is 46.9 Å². The minimum absolute atomic E-state index is 0.0246. The van der Waals surface area contributed by atoms with E-state index in [4.69, 9.17) is 14.1 Å². The Morgan fingerprint density at radius 1 is 1.19 bits per heavy atom. The van der Waals surface area contributed by atoms with Gasteiger partial charge in [0, 0.05) is 12.1 Å². The summed E-state index contributed by atoms with van der Waals surface area (Å²) in [4.78, 5) is 34.2. The van der Waals surface area contributed by atoms with Gasteiger partial charge >= 0.3 is 5.97 Å². The molecular weight excluding hydrogens is 406 g/mol. The Bertz CT molecular complexity index is 1220. The third-order valence-electron chi connectivity index (χ3n) is 6.27. The maximum atomic E-state index is 13.5. The molecule has 1 amide bonds. The Morgan fingerprint density at radius 2 is 2.03 bits per heavy atom. The fourth-order valence-corrected chi connectivity index (χ4v) is 4.63. The van der Waals surface area contributed by atoms with Crippen molar-refractivity contribution in [2.45, 2.75) is 39.3 Å². The zero-order valence-electron chi connectivity index (χ0n) is 18.4. The van der Waals surface area contributed by atoms with Crippen LogP contribution >= 0.6 is 0 Å². The minimum atomic E-state index is -0.428. The number of oxazole rings is 1. The summed E-state index contributed by atoms with van der Waals surface area (Å²) in [5.41, 5.74) is 4.81. The van der Waals surface area contributed by atoms with Crippen LogP contribution in [0.2, 0.25) is 0 Å². The lowest BCUT2D eigenvalue weighted by Crippen LogP contribution is -2.50. The minimum Gasteiger partial charge on any atom is -0.465 e. The Balaban J connectivity index is 1.54. The number of carbonyl (C=O) groups excluding carboxylic acids is 2. The highest BCUT2D eigenvalue weighted by atomic mass is 16.5. The van der Waals surface area contributed by atoms with Gasteiger partial charge in [0.1, 0.15) is 17.5 Å². The highest BCUT2D eigenvalue weighted by Crippen LogP contribution is 2.41. The van der Waals surface area contributed by atoms with E-state index in [1.807, 2.05) is 44.2 Å². The number of ether oxygens (including phenoxy) is 1. The second-order valence-corrected chi connectivity index (χ2v) is 8.36. The molecular formula is C25H25N3O4. The predicted octanol–water partition coefficient (Wildman–Crippen LogP) is 4.26. The van der Waals surface area contributed by atoms with E-state index in [0.29, 0.717) is 28.6 Å². The molecule has 1 saturated heterocycles. The Kier molecular flexibility index (Phi) is 4.96. The van der Waals surface area contributed by atoms with Crippen molar-refractivity contribution in [3.05, 3.63) is 65.0 Å². The molecule has 2 aliphatic heterocycles. The van der Waals surface area contributed by atoms with Crippen molar-refractivity contribution < 1.29 is 18.7 Å². The van der Waals surface area contributed by atoms with Crippen LogP contribution < -0.4 is 9.80 Å². The third-order valence-corrected chi connectivity index (χ3v) is 6.27. The first kappa shape index (κ1) is 20.3. The fraction of sp³-hybridized carbons (Fsp3) is 0.320. The highest BCUT2D eigenvalue weighted by molar-refractivity contribution is 6.07. The molecule has 0 unspecified atom stereocenters. The second-order valence-electron chi connectivity index (χ2n) is 8.36. The molecule has 2 aromatic carbocycles. The molecule has 5 rings (SSSR count). The van der Waals surface area contributed by atoms with Crippen molar-refractivity contribution in [3.63, 3.8) is 0 Å². The average Bonchev–Trinajstić information content (AvgIpc) is 3.43. The first-order valence-electron chi connectivity index (χ1n) is 10.8. The van der Waals surface area contributed by atoms with Crippen molar-refractivity contribution in [3.8, 4) is 11.5 Å². The number of hydrogen-bond donors (Lipinski definition) is 0. The zero-order valence-corrected chi connectivity index (χ0v) is 18.4. The lowest BCUT2D eigenvalue weighted by Gasteiger charge is -2.39. The molecule has 0 spiro atoms. The van der Waals surface area contributed by atoms with Gasteiger partial charge in [0.2, 0.25) is 11.8 Å². The van der Waals surface area contributed by atoms with Crippen LogP contribution in [0.4, 0.5) is 11.4 Å². The summed E-state index contributed by atoms with van der Waals surface area (Å²) in [6, 6.07) is 13.2. The molecule has 1 atom stereocenters. The van der Waals surface area contributed by atoms with Gasteiger partial charge in [0.25, 0.3) is 0 Å².